The summed E-state index contributed by atoms with van der Waals surface area (Å²) in [6.45, 7) is 1.44. The van der Waals surface area contributed by atoms with Crippen molar-refractivity contribution in [2.75, 3.05) is 40.5 Å². The average Bonchev–Trinajstić information content (AvgIpc) is 2.42. The Morgan fingerprint density at radius 2 is 1.86 bits per heavy atom. The molecule has 0 atom stereocenters. The maximum absolute atomic E-state index is 12.7. The first kappa shape index (κ1) is 18.9. The number of methoxy groups -OCH3 is 2. The summed E-state index contributed by atoms with van der Waals surface area (Å²) in [7, 11) is -0.539. The Kier molecular flexibility index (Phi) is 8.15. The minimum absolute atomic E-state index is 0.0980. The van der Waals surface area contributed by atoms with Gasteiger partial charge in [-0.05, 0) is 24.6 Å². The van der Waals surface area contributed by atoms with Crippen molar-refractivity contribution in [2.45, 2.75) is 11.3 Å². The fraction of sp³-hybridized carbons (Fsp3) is 0.538. The van der Waals surface area contributed by atoms with Gasteiger partial charge in [0.05, 0.1) is 11.6 Å². The van der Waals surface area contributed by atoms with Crippen molar-refractivity contribution in [3.8, 4) is 0 Å². The summed E-state index contributed by atoms with van der Waals surface area (Å²) >= 11 is 9.33. The van der Waals surface area contributed by atoms with Gasteiger partial charge < -0.3 is 9.47 Å². The molecule has 0 bridgehead atoms. The zero-order chi connectivity index (χ0) is 15.9. The fourth-order valence-corrected chi connectivity index (χ4v) is 4.23. The van der Waals surface area contributed by atoms with Gasteiger partial charge in [0, 0.05) is 38.4 Å². The Morgan fingerprint density at radius 1 is 1.19 bits per heavy atom. The summed E-state index contributed by atoms with van der Waals surface area (Å²) in [4.78, 5) is 0.0980. The molecule has 0 fully saturated rings. The Morgan fingerprint density at radius 3 is 2.43 bits per heavy atom. The van der Waals surface area contributed by atoms with Crippen molar-refractivity contribution in [3.05, 3.63) is 27.7 Å². The van der Waals surface area contributed by atoms with E-state index in [0.29, 0.717) is 26.2 Å². The van der Waals surface area contributed by atoms with Crippen LogP contribution in [0.15, 0.2) is 27.6 Å². The second-order valence-corrected chi connectivity index (χ2v) is 7.55. The summed E-state index contributed by atoms with van der Waals surface area (Å²) in [6.07, 6.45) is 0.605. The van der Waals surface area contributed by atoms with E-state index in [-0.39, 0.29) is 16.5 Å². The number of halogens is 2. The van der Waals surface area contributed by atoms with Gasteiger partial charge in [-0.25, -0.2) is 8.42 Å². The molecule has 0 N–H and O–H groups in total. The maximum Gasteiger partial charge on any atom is 0.244 e. The van der Waals surface area contributed by atoms with Crippen LogP contribution in [-0.2, 0) is 19.5 Å². The average molecular weight is 401 g/mol. The van der Waals surface area contributed by atoms with Crippen molar-refractivity contribution in [1.29, 1.82) is 0 Å². The van der Waals surface area contributed by atoms with Crippen molar-refractivity contribution in [1.82, 2.24) is 4.31 Å². The minimum atomic E-state index is -3.66. The number of nitrogens with zero attached hydrogens (tertiary/aromatic N) is 1. The van der Waals surface area contributed by atoms with Gasteiger partial charge in [0.2, 0.25) is 10.0 Å². The molecule has 0 radical (unpaired) electrons. The number of benzene rings is 1. The second-order valence-electron chi connectivity index (χ2n) is 4.32. The van der Waals surface area contributed by atoms with Crippen molar-refractivity contribution < 1.29 is 17.9 Å². The van der Waals surface area contributed by atoms with Gasteiger partial charge in [0.1, 0.15) is 4.90 Å². The second kappa shape index (κ2) is 9.07. The predicted octanol–water partition coefficient (Wildman–Crippen LogP) is 2.78. The molecule has 21 heavy (non-hydrogen) atoms. The van der Waals surface area contributed by atoms with Crippen LogP contribution in [0.1, 0.15) is 6.42 Å². The third kappa shape index (κ3) is 5.50. The van der Waals surface area contributed by atoms with E-state index in [1.165, 1.54) is 17.5 Å². The number of rotatable bonds is 9. The van der Waals surface area contributed by atoms with E-state index in [4.69, 9.17) is 21.1 Å². The van der Waals surface area contributed by atoms with Gasteiger partial charge in [-0.3, -0.25) is 0 Å². The van der Waals surface area contributed by atoms with Crippen molar-refractivity contribution in [2.24, 2.45) is 0 Å². The first-order valence-electron chi connectivity index (χ1n) is 6.36. The SMILES string of the molecule is COCCCN(CCOC)S(=O)(=O)c1ccc(Br)cc1Cl. The first-order valence-corrected chi connectivity index (χ1v) is 8.97. The molecule has 0 heterocycles. The molecule has 0 aliphatic carbocycles. The zero-order valence-electron chi connectivity index (χ0n) is 12.0. The predicted molar refractivity (Wildman–Crippen MR) is 86.3 cm³/mol. The standard InChI is InChI=1S/C13H19BrClNO4S/c1-19-8-3-6-16(7-9-20-2)21(17,18)13-5-4-11(14)10-12(13)15/h4-5,10H,3,6-9H2,1-2H3. The lowest BCUT2D eigenvalue weighted by atomic mass is 10.4. The highest BCUT2D eigenvalue weighted by molar-refractivity contribution is 9.10. The minimum Gasteiger partial charge on any atom is -0.385 e. The Labute approximate surface area is 139 Å². The molecule has 120 valence electrons. The summed E-state index contributed by atoms with van der Waals surface area (Å²) in [5.74, 6) is 0. The van der Waals surface area contributed by atoms with Crippen LogP contribution in [0.25, 0.3) is 0 Å². The van der Waals surface area contributed by atoms with Crippen LogP contribution in [0.2, 0.25) is 5.02 Å². The molecular weight excluding hydrogens is 382 g/mol. The van der Waals surface area contributed by atoms with Gasteiger partial charge in [0.15, 0.2) is 0 Å². The molecule has 1 aromatic rings. The molecule has 1 aromatic carbocycles. The van der Waals surface area contributed by atoms with E-state index in [0.717, 1.165) is 4.47 Å². The lowest BCUT2D eigenvalue weighted by Gasteiger charge is -2.22. The molecule has 0 amide bonds. The topological polar surface area (TPSA) is 55.8 Å². The molecule has 0 aliphatic heterocycles. The largest absolute Gasteiger partial charge is 0.385 e. The Bertz CT molecular complexity index is 553. The van der Waals surface area contributed by atoms with Crippen LogP contribution in [0.3, 0.4) is 0 Å². The first-order chi connectivity index (χ1) is 9.93. The summed E-state index contributed by atoms with van der Waals surface area (Å²) in [5, 5.41) is 0.193. The lowest BCUT2D eigenvalue weighted by Crippen LogP contribution is -2.35. The Balaban J connectivity index is 3.01. The van der Waals surface area contributed by atoms with Crippen LogP contribution in [0.4, 0.5) is 0 Å². The van der Waals surface area contributed by atoms with Gasteiger partial charge in [0.25, 0.3) is 0 Å². The van der Waals surface area contributed by atoms with Crippen LogP contribution in [0, 0.1) is 0 Å². The molecule has 0 unspecified atom stereocenters. The highest BCUT2D eigenvalue weighted by Crippen LogP contribution is 2.27. The van der Waals surface area contributed by atoms with Crippen molar-refractivity contribution >= 4 is 37.6 Å². The Hall–Kier alpha value is -0.180. The van der Waals surface area contributed by atoms with Crippen LogP contribution in [0.5, 0.6) is 0 Å². The molecule has 0 spiro atoms. The lowest BCUT2D eigenvalue weighted by molar-refractivity contribution is 0.164. The molecule has 0 aromatic heterocycles. The monoisotopic (exact) mass is 399 g/mol. The normalized spacial score (nSPS) is 12.0. The van der Waals surface area contributed by atoms with Gasteiger partial charge in [-0.15, -0.1) is 0 Å². The van der Waals surface area contributed by atoms with Gasteiger partial charge in [-0.2, -0.15) is 4.31 Å². The van der Waals surface area contributed by atoms with Crippen LogP contribution in [-0.4, -0.2) is 53.2 Å². The van der Waals surface area contributed by atoms with E-state index in [1.807, 2.05) is 0 Å². The number of ether oxygens (including phenoxy) is 2. The van der Waals surface area contributed by atoms with E-state index in [1.54, 1.807) is 19.2 Å². The number of sulfonamides is 1. The van der Waals surface area contributed by atoms with E-state index < -0.39 is 10.0 Å². The maximum atomic E-state index is 12.7. The third-order valence-electron chi connectivity index (χ3n) is 2.81. The molecule has 0 saturated carbocycles. The molecular formula is C13H19BrClNO4S. The molecule has 1 rings (SSSR count). The van der Waals surface area contributed by atoms with Crippen LogP contribution < -0.4 is 0 Å². The quantitative estimate of drug-likeness (QED) is 0.598. The molecule has 0 saturated heterocycles. The highest BCUT2D eigenvalue weighted by atomic mass is 79.9. The van der Waals surface area contributed by atoms with Crippen LogP contribution >= 0.6 is 27.5 Å². The van der Waals surface area contributed by atoms with E-state index >= 15 is 0 Å². The zero-order valence-corrected chi connectivity index (χ0v) is 15.2. The highest BCUT2D eigenvalue weighted by Gasteiger charge is 2.26. The third-order valence-corrected chi connectivity index (χ3v) is 5.69. The molecule has 8 heteroatoms. The molecule has 5 nitrogen and oxygen atoms in total. The van der Waals surface area contributed by atoms with Gasteiger partial charge in [-0.1, -0.05) is 27.5 Å². The smallest absolute Gasteiger partial charge is 0.244 e. The molecule has 0 aliphatic rings. The summed E-state index contributed by atoms with van der Waals surface area (Å²) < 4.78 is 37.4. The summed E-state index contributed by atoms with van der Waals surface area (Å²) in [5.41, 5.74) is 0. The van der Waals surface area contributed by atoms with Crippen molar-refractivity contribution in [3.63, 3.8) is 0 Å². The number of hydrogen-bond donors (Lipinski definition) is 0. The fourth-order valence-electron chi connectivity index (χ4n) is 1.75. The summed E-state index contributed by atoms with van der Waals surface area (Å²) in [6, 6.07) is 4.72. The number of hydrogen-bond acceptors (Lipinski definition) is 4. The van der Waals surface area contributed by atoms with E-state index in [2.05, 4.69) is 15.9 Å². The van der Waals surface area contributed by atoms with E-state index in [9.17, 15) is 8.42 Å². The van der Waals surface area contributed by atoms with Gasteiger partial charge >= 0.3 is 0 Å².